The SMILES string of the molecule is CCCCCC/C=C\C=C/CCCCCCCC(=O)OC[C@H](COP(=O)(O)OC[C@@H](O)COP(=O)(O)OC[C@@H](COC(=O)CCCCCCCCCCC(C)CC)OC(=O)CCCCCCCCCCCCCC(C)C)OC(=O)CCCCCCCCCCCCCCCCCCCCCCC. The molecule has 0 aliphatic heterocycles. The minimum absolute atomic E-state index is 0.102. The number of hydrogen-bond acceptors (Lipinski definition) is 15. The lowest BCUT2D eigenvalue weighted by molar-refractivity contribution is -0.161. The number of ether oxygens (including phenoxy) is 4. The fraction of sp³-hybridized carbons (Fsp3) is 0.904. The number of carbonyl (C=O) groups is 4. The van der Waals surface area contributed by atoms with E-state index in [1.165, 1.54) is 212 Å². The molecule has 6 atom stereocenters. The van der Waals surface area contributed by atoms with Gasteiger partial charge in [0.05, 0.1) is 26.4 Å². The number of allylic oxidation sites excluding steroid dienone is 4. The lowest BCUT2D eigenvalue weighted by atomic mass is 9.99. The third-order valence-electron chi connectivity index (χ3n) is 19.2. The molecule has 0 radical (unpaired) electrons. The predicted octanol–water partition coefficient (Wildman–Crippen LogP) is 24.6. The number of carbonyl (C=O) groups excluding carboxylic acids is 4. The van der Waals surface area contributed by atoms with Crippen LogP contribution in [0.1, 0.15) is 414 Å². The molecule has 0 amide bonds. The van der Waals surface area contributed by atoms with Crippen LogP contribution in [-0.2, 0) is 65.4 Å². The maximum atomic E-state index is 13.1. The highest BCUT2D eigenvalue weighted by Crippen LogP contribution is 2.45. The van der Waals surface area contributed by atoms with Crippen molar-refractivity contribution in [1.82, 2.24) is 0 Å². The van der Waals surface area contributed by atoms with Crippen LogP contribution in [0, 0.1) is 11.8 Å². The molecule has 3 unspecified atom stereocenters. The second-order valence-corrected chi connectivity index (χ2v) is 32.8. The van der Waals surface area contributed by atoms with Crippen molar-refractivity contribution < 1.29 is 80.2 Å². The van der Waals surface area contributed by atoms with Crippen LogP contribution in [0.2, 0.25) is 0 Å². The van der Waals surface area contributed by atoms with Crippen LogP contribution in [0.15, 0.2) is 24.3 Å². The molecule has 0 saturated heterocycles. The summed E-state index contributed by atoms with van der Waals surface area (Å²) >= 11 is 0. The second-order valence-electron chi connectivity index (χ2n) is 29.9. The lowest BCUT2D eigenvalue weighted by Gasteiger charge is -2.21. The summed E-state index contributed by atoms with van der Waals surface area (Å²) in [5, 5.41) is 10.7. The zero-order valence-corrected chi connectivity index (χ0v) is 68.2. The number of unbranched alkanes of at least 4 members (excludes halogenated alkanes) is 46. The summed E-state index contributed by atoms with van der Waals surface area (Å²) in [6.07, 6.45) is 67.4. The van der Waals surface area contributed by atoms with E-state index in [0.717, 1.165) is 121 Å². The van der Waals surface area contributed by atoms with E-state index < -0.39 is 97.5 Å². The monoisotopic (exact) mass is 1490 g/mol. The predicted molar refractivity (Wildman–Crippen MR) is 418 cm³/mol. The fourth-order valence-electron chi connectivity index (χ4n) is 12.3. The Morgan fingerprint density at radius 3 is 0.882 bits per heavy atom. The van der Waals surface area contributed by atoms with Gasteiger partial charge in [-0.05, 0) is 63.2 Å². The van der Waals surface area contributed by atoms with Crippen LogP contribution in [0.4, 0.5) is 0 Å². The van der Waals surface area contributed by atoms with Gasteiger partial charge >= 0.3 is 39.5 Å². The van der Waals surface area contributed by atoms with E-state index in [1.807, 2.05) is 0 Å². The van der Waals surface area contributed by atoms with E-state index in [2.05, 4.69) is 65.8 Å². The summed E-state index contributed by atoms with van der Waals surface area (Å²) in [6, 6.07) is 0. The van der Waals surface area contributed by atoms with Gasteiger partial charge in [-0.3, -0.25) is 37.3 Å². The van der Waals surface area contributed by atoms with Gasteiger partial charge in [0, 0.05) is 25.7 Å². The van der Waals surface area contributed by atoms with Crippen molar-refractivity contribution >= 4 is 39.5 Å². The maximum Gasteiger partial charge on any atom is 0.472 e. The molecule has 0 aromatic heterocycles. The van der Waals surface area contributed by atoms with Crippen LogP contribution in [0.5, 0.6) is 0 Å². The number of hydrogen-bond donors (Lipinski definition) is 3. The van der Waals surface area contributed by atoms with E-state index in [4.69, 9.17) is 37.0 Å². The normalized spacial score (nSPS) is 14.3. The molecule has 102 heavy (non-hydrogen) atoms. The van der Waals surface area contributed by atoms with Crippen LogP contribution in [0.3, 0.4) is 0 Å². The van der Waals surface area contributed by atoms with E-state index in [-0.39, 0.29) is 25.7 Å². The molecule has 0 bridgehead atoms. The van der Waals surface area contributed by atoms with Crippen molar-refractivity contribution in [1.29, 1.82) is 0 Å². The molecule has 0 aromatic rings. The summed E-state index contributed by atoms with van der Waals surface area (Å²) in [6.45, 7) is 9.58. The van der Waals surface area contributed by atoms with Crippen molar-refractivity contribution in [3.63, 3.8) is 0 Å². The zero-order valence-electron chi connectivity index (χ0n) is 66.4. The van der Waals surface area contributed by atoms with Gasteiger partial charge in [0.15, 0.2) is 12.2 Å². The van der Waals surface area contributed by atoms with Crippen molar-refractivity contribution in [2.24, 2.45) is 11.8 Å². The Hall–Kier alpha value is -2.46. The summed E-state index contributed by atoms with van der Waals surface area (Å²) in [7, 11) is -9.94. The molecule has 0 aromatic carbocycles. The summed E-state index contributed by atoms with van der Waals surface area (Å²) < 4.78 is 68.7. The Labute approximate surface area is 624 Å². The summed E-state index contributed by atoms with van der Waals surface area (Å²) in [4.78, 5) is 73.1. The van der Waals surface area contributed by atoms with Crippen molar-refractivity contribution in [3.05, 3.63) is 24.3 Å². The molecule has 17 nitrogen and oxygen atoms in total. The highest BCUT2D eigenvalue weighted by molar-refractivity contribution is 7.47. The number of esters is 4. The quantitative estimate of drug-likeness (QED) is 0.0169. The Kier molecular flexibility index (Phi) is 72.2. The molecule has 0 saturated carbocycles. The minimum atomic E-state index is -4.97. The van der Waals surface area contributed by atoms with Crippen LogP contribution in [0.25, 0.3) is 0 Å². The molecule has 19 heteroatoms. The van der Waals surface area contributed by atoms with E-state index in [1.54, 1.807) is 0 Å². The Morgan fingerprint density at radius 1 is 0.324 bits per heavy atom. The highest BCUT2D eigenvalue weighted by Gasteiger charge is 2.30. The zero-order chi connectivity index (χ0) is 74.9. The first-order valence-electron chi connectivity index (χ1n) is 42.3. The smallest absolute Gasteiger partial charge is 0.462 e. The van der Waals surface area contributed by atoms with Crippen LogP contribution >= 0.6 is 15.6 Å². The number of phosphoric ester groups is 2. The van der Waals surface area contributed by atoms with Gasteiger partial charge in [-0.2, -0.15) is 0 Å². The average Bonchev–Trinajstić information content (AvgIpc) is 0.908. The Bertz CT molecular complexity index is 2060. The van der Waals surface area contributed by atoms with Gasteiger partial charge in [0.2, 0.25) is 0 Å². The Balaban J connectivity index is 5.27. The molecular formula is C83H158O17P2. The molecule has 0 spiro atoms. The number of rotatable bonds is 80. The van der Waals surface area contributed by atoms with E-state index in [0.29, 0.717) is 25.7 Å². The van der Waals surface area contributed by atoms with E-state index in [9.17, 15) is 43.2 Å². The Morgan fingerprint density at radius 2 is 0.578 bits per heavy atom. The van der Waals surface area contributed by atoms with Crippen molar-refractivity contribution in [2.75, 3.05) is 39.6 Å². The van der Waals surface area contributed by atoms with Gasteiger partial charge in [0.25, 0.3) is 0 Å². The standard InChI is InChI=1S/C83H158O17P2/c1-7-10-12-14-16-18-20-22-24-25-26-27-28-29-31-33-37-41-49-55-61-67-82(87)99-78(71-93-80(85)65-59-53-47-40-36-32-30-23-21-19-17-15-13-11-8-2)73-97-101(89,90)95-69-77(84)70-96-102(91,92)98-74-79(72-94-81(86)66-60-54-48-44-43-46-52-58-64-76(6)9-3)100-83(88)68-62-56-50-42-38-34-35-39-45-51-57-63-75(4)5/h19,21,23,30,75-79,84H,7-18,20,22,24-29,31-74H2,1-6H3,(H,89,90)(H,91,92)/b21-19-,30-23-/t76?,77-,78-,79-/m1/s1. The molecule has 0 aliphatic rings. The maximum absolute atomic E-state index is 13.1. The largest absolute Gasteiger partial charge is 0.472 e. The summed E-state index contributed by atoms with van der Waals surface area (Å²) in [5.41, 5.74) is 0. The minimum Gasteiger partial charge on any atom is -0.462 e. The van der Waals surface area contributed by atoms with Crippen LogP contribution in [-0.4, -0.2) is 96.7 Å². The molecule has 0 aliphatic carbocycles. The molecule has 0 heterocycles. The van der Waals surface area contributed by atoms with Crippen molar-refractivity contribution in [2.45, 2.75) is 432 Å². The molecular weight excluding hydrogens is 1330 g/mol. The number of phosphoric acid groups is 2. The van der Waals surface area contributed by atoms with Gasteiger partial charge < -0.3 is 33.8 Å². The first-order valence-corrected chi connectivity index (χ1v) is 45.3. The molecule has 0 rings (SSSR count). The number of aliphatic hydroxyl groups excluding tert-OH is 1. The molecule has 0 fully saturated rings. The fourth-order valence-corrected chi connectivity index (χ4v) is 13.9. The second kappa shape index (κ2) is 74.0. The lowest BCUT2D eigenvalue weighted by Crippen LogP contribution is -2.30. The third kappa shape index (κ3) is 74.4. The topological polar surface area (TPSA) is 237 Å². The first kappa shape index (κ1) is 99.5. The van der Waals surface area contributed by atoms with Gasteiger partial charge in [-0.1, -0.05) is 361 Å². The number of aliphatic hydroxyl groups is 1. The first-order chi connectivity index (χ1) is 49.4. The molecule has 602 valence electrons. The average molecular weight is 1490 g/mol. The third-order valence-corrected chi connectivity index (χ3v) is 21.1. The van der Waals surface area contributed by atoms with Gasteiger partial charge in [0.1, 0.15) is 19.3 Å². The summed E-state index contributed by atoms with van der Waals surface area (Å²) in [5.74, 6) is -0.598. The van der Waals surface area contributed by atoms with Crippen molar-refractivity contribution in [3.8, 4) is 0 Å². The van der Waals surface area contributed by atoms with Crippen LogP contribution < -0.4 is 0 Å². The van der Waals surface area contributed by atoms with E-state index >= 15 is 0 Å². The molecule has 3 N–H and O–H groups in total. The van der Waals surface area contributed by atoms with Gasteiger partial charge in [-0.25, -0.2) is 9.13 Å². The highest BCUT2D eigenvalue weighted by atomic mass is 31.2. The van der Waals surface area contributed by atoms with Gasteiger partial charge in [-0.15, -0.1) is 0 Å².